The van der Waals surface area contributed by atoms with Gasteiger partial charge < -0.3 is 9.84 Å². The number of unbranched alkanes of at least 4 members (excludes halogenated alkanes) is 2. The number of carbonyl (C=O) groups excluding carboxylic acids is 2. The highest BCUT2D eigenvalue weighted by Crippen LogP contribution is 2.45. The molecule has 41 heavy (non-hydrogen) atoms. The second-order valence-electron chi connectivity index (χ2n) is 10.2. The van der Waals surface area contributed by atoms with Crippen molar-refractivity contribution >= 4 is 49.8 Å². The Morgan fingerprint density at radius 2 is 1.88 bits per heavy atom. The minimum atomic E-state index is -0.912. The molecular weight excluding hydrogens is 536 g/mol. The summed E-state index contributed by atoms with van der Waals surface area (Å²) in [6, 6.07) is 17.8. The van der Waals surface area contributed by atoms with Crippen molar-refractivity contribution in [3.8, 4) is 5.75 Å². The molecule has 5 aromatic rings. The average Bonchev–Trinajstić information content (AvgIpc) is 3.61. The number of Topliss-reactive ketones (excluding diaryl/α,β-unsaturated/α-hetero) is 1. The van der Waals surface area contributed by atoms with Crippen LogP contribution in [0.15, 0.2) is 72.4 Å². The molecule has 1 atom stereocenters. The number of imidazole rings is 1. The molecule has 1 saturated heterocycles. The number of aliphatic hydroxyl groups excluding tert-OH is 1. The number of aryl methyl sites for hydroxylation is 2. The third-order valence-electron chi connectivity index (χ3n) is 7.30. The molecule has 1 unspecified atom stereocenters. The molecule has 2 aromatic carbocycles. The van der Waals surface area contributed by atoms with Crippen LogP contribution in [0.2, 0.25) is 0 Å². The highest BCUT2D eigenvalue weighted by molar-refractivity contribution is 7.22. The maximum Gasteiger partial charge on any atom is 0.301 e. The second kappa shape index (κ2) is 10.8. The zero-order valence-electron chi connectivity index (χ0n) is 23.1. The number of rotatable bonds is 8. The van der Waals surface area contributed by atoms with Crippen molar-refractivity contribution in [1.29, 1.82) is 0 Å². The minimum Gasteiger partial charge on any atom is -0.505 e. The van der Waals surface area contributed by atoms with Crippen LogP contribution < -0.4 is 9.64 Å². The van der Waals surface area contributed by atoms with Gasteiger partial charge in [-0.25, -0.2) is 9.97 Å². The van der Waals surface area contributed by atoms with Crippen LogP contribution >= 0.6 is 11.3 Å². The Morgan fingerprint density at radius 1 is 1.02 bits per heavy atom. The molecule has 1 aliphatic heterocycles. The summed E-state index contributed by atoms with van der Waals surface area (Å²) in [6.07, 6.45) is 4.85. The van der Waals surface area contributed by atoms with E-state index in [2.05, 4.69) is 11.9 Å². The van der Waals surface area contributed by atoms with E-state index < -0.39 is 17.7 Å². The molecule has 6 rings (SSSR count). The fraction of sp³-hybridized carbons (Fsp3) is 0.250. The number of pyridine rings is 1. The summed E-state index contributed by atoms with van der Waals surface area (Å²) in [7, 11) is 0. The third kappa shape index (κ3) is 4.76. The molecule has 8 nitrogen and oxygen atoms in total. The van der Waals surface area contributed by atoms with E-state index in [-0.39, 0.29) is 11.3 Å². The van der Waals surface area contributed by atoms with E-state index in [1.54, 1.807) is 17.5 Å². The van der Waals surface area contributed by atoms with Crippen LogP contribution in [0, 0.1) is 13.8 Å². The number of amides is 1. The standard InChI is InChI=1S/C32H30N4O4S/c1-4-5-8-16-40-22-11-9-10-21(18-22)28-26(29(37)27-20(3)33-25-12-6-7-15-35(25)27)30(38)31(39)36(28)32-34-23-14-13-19(2)17-24(23)41-32/h6-7,9-15,17-18,28,37H,4-5,8,16H2,1-3H3. The van der Waals surface area contributed by atoms with E-state index in [0.29, 0.717) is 40.1 Å². The number of ether oxygens (including phenoxy) is 1. The van der Waals surface area contributed by atoms with Crippen LogP contribution in [0.4, 0.5) is 5.13 Å². The lowest BCUT2D eigenvalue weighted by atomic mass is 9.96. The highest BCUT2D eigenvalue weighted by atomic mass is 32.1. The lowest BCUT2D eigenvalue weighted by Gasteiger charge is -2.23. The molecular formula is C32H30N4O4S. The van der Waals surface area contributed by atoms with Gasteiger partial charge in [0.05, 0.1) is 34.1 Å². The Morgan fingerprint density at radius 3 is 2.71 bits per heavy atom. The van der Waals surface area contributed by atoms with Crippen LogP contribution in [0.3, 0.4) is 0 Å². The Labute approximate surface area is 241 Å². The van der Waals surface area contributed by atoms with Gasteiger partial charge in [-0.1, -0.05) is 55.4 Å². The van der Waals surface area contributed by atoms with Gasteiger partial charge in [0, 0.05) is 6.20 Å². The maximum absolute atomic E-state index is 13.8. The van der Waals surface area contributed by atoms with Crippen molar-refractivity contribution < 1.29 is 19.4 Å². The first kappa shape index (κ1) is 26.7. The van der Waals surface area contributed by atoms with Crippen LogP contribution in [0.5, 0.6) is 5.75 Å². The zero-order chi connectivity index (χ0) is 28.7. The van der Waals surface area contributed by atoms with Crippen LogP contribution in [0.25, 0.3) is 21.6 Å². The van der Waals surface area contributed by atoms with Gasteiger partial charge in [-0.3, -0.25) is 18.9 Å². The molecule has 0 bridgehead atoms. The fourth-order valence-corrected chi connectivity index (χ4v) is 6.40. The van der Waals surface area contributed by atoms with Crippen molar-refractivity contribution in [3.05, 3.63) is 94.9 Å². The van der Waals surface area contributed by atoms with Crippen molar-refractivity contribution in [3.63, 3.8) is 0 Å². The molecule has 1 fully saturated rings. The van der Waals surface area contributed by atoms with Gasteiger partial charge in [-0.05, 0) is 67.8 Å². The Kier molecular flexibility index (Phi) is 7.05. The second-order valence-corrected chi connectivity index (χ2v) is 11.2. The molecule has 1 aliphatic rings. The lowest BCUT2D eigenvalue weighted by Crippen LogP contribution is -2.29. The smallest absolute Gasteiger partial charge is 0.301 e. The summed E-state index contributed by atoms with van der Waals surface area (Å²) in [5.41, 5.74) is 3.98. The van der Waals surface area contributed by atoms with E-state index in [0.717, 1.165) is 35.0 Å². The number of aromatic nitrogens is 3. The van der Waals surface area contributed by atoms with Crippen molar-refractivity contribution in [2.45, 2.75) is 46.1 Å². The SMILES string of the molecule is CCCCCOc1cccc(C2C(=C(O)c3c(C)nc4ccccn34)C(=O)C(=O)N2c2nc3ccc(C)cc3s2)c1. The van der Waals surface area contributed by atoms with E-state index in [1.165, 1.54) is 16.2 Å². The van der Waals surface area contributed by atoms with E-state index >= 15 is 0 Å². The third-order valence-corrected chi connectivity index (χ3v) is 8.32. The summed E-state index contributed by atoms with van der Waals surface area (Å²) in [5, 5.41) is 12.2. The number of benzene rings is 2. The molecule has 4 heterocycles. The minimum absolute atomic E-state index is 0.0117. The van der Waals surface area contributed by atoms with E-state index in [4.69, 9.17) is 9.72 Å². The van der Waals surface area contributed by atoms with E-state index in [1.807, 2.05) is 67.6 Å². The van der Waals surface area contributed by atoms with E-state index in [9.17, 15) is 14.7 Å². The van der Waals surface area contributed by atoms with Crippen molar-refractivity contribution in [1.82, 2.24) is 14.4 Å². The Balaban J connectivity index is 1.53. The molecule has 3 aromatic heterocycles. The topological polar surface area (TPSA) is 97.0 Å². The predicted octanol–water partition coefficient (Wildman–Crippen LogP) is 6.76. The van der Waals surface area contributed by atoms with Gasteiger partial charge >= 0.3 is 5.91 Å². The number of nitrogens with zero attached hydrogens (tertiary/aromatic N) is 4. The Hall–Kier alpha value is -4.50. The molecule has 0 radical (unpaired) electrons. The first-order valence-electron chi connectivity index (χ1n) is 13.7. The van der Waals surface area contributed by atoms with Gasteiger partial charge in [-0.2, -0.15) is 0 Å². The molecule has 9 heteroatoms. The zero-order valence-corrected chi connectivity index (χ0v) is 23.9. The van der Waals surface area contributed by atoms with Crippen LogP contribution in [-0.2, 0) is 9.59 Å². The van der Waals surface area contributed by atoms with Crippen LogP contribution in [-0.4, -0.2) is 37.8 Å². The molecule has 0 aliphatic carbocycles. The van der Waals surface area contributed by atoms with Gasteiger partial charge in [0.25, 0.3) is 5.78 Å². The predicted molar refractivity (Wildman–Crippen MR) is 161 cm³/mol. The van der Waals surface area contributed by atoms with Gasteiger partial charge in [-0.15, -0.1) is 0 Å². The van der Waals surface area contributed by atoms with Crippen molar-refractivity contribution in [2.75, 3.05) is 11.5 Å². The molecule has 1 N–H and O–H groups in total. The number of fused-ring (bicyclic) bond motifs is 2. The molecule has 1 amide bonds. The highest BCUT2D eigenvalue weighted by Gasteiger charge is 2.48. The fourth-order valence-electron chi connectivity index (χ4n) is 5.31. The Bertz CT molecular complexity index is 1840. The van der Waals surface area contributed by atoms with Crippen LogP contribution in [0.1, 0.15) is 54.7 Å². The summed E-state index contributed by atoms with van der Waals surface area (Å²) in [4.78, 5) is 38.2. The molecule has 0 saturated carbocycles. The molecule has 0 spiro atoms. The first-order valence-corrected chi connectivity index (χ1v) is 14.5. The summed E-state index contributed by atoms with van der Waals surface area (Å²) in [6.45, 7) is 6.47. The normalized spacial score (nSPS) is 16.8. The van der Waals surface area contributed by atoms with Gasteiger partial charge in [0.1, 0.15) is 17.1 Å². The quantitative estimate of drug-likeness (QED) is 0.0965. The molecule has 208 valence electrons. The van der Waals surface area contributed by atoms with Gasteiger partial charge in [0.2, 0.25) is 0 Å². The summed E-state index contributed by atoms with van der Waals surface area (Å²) in [5.74, 6) is -1.16. The number of hydrogen-bond donors (Lipinski definition) is 1. The number of hydrogen-bond acceptors (Lipinski definition) is 7. The monoisotopic (exact) mass is 566 g/mol. The maximum atomic E-state index is 13.8. The number of ketones is 1. The number of anilines is 1. The lowest BCUT2D eigenvalue weighted by molar-refractivity contribution is -0.132. The first-order chi connectivity index (χ1) is 19.9. The number of carbonyl (C=O) groups is 2. The number of aliphatic hydroxyl groups is 1. The van der Waals surface area contributed by atoms with Gasteiger partial charge in [0.15, 0.2) is 10.9 Å². The summed E-state index contributed by atoms with van der Waals surface area (Å²) < 4.78 is 8.65. The average molecular weight is 567 g/mol. The van der Waals surface area contributed by atoms with Crippen molar-refractivity contribution in [2.24, 2.45) is 0 Å². The number of thiazole rings is 1. The largest absolute Gasteiger partial charge is 0.505 e. The summed E-state index contributed by atoms with van der Waals surface area (Å²) >= 11 is 1.34.